The van der Waals surface area contributed by atoms with E-state index in [4.69, 9.17) is 10.5 Å². The average Bonchev–Trinajstić information content (AvgIpc) is 2.84. The van der Waals surface area contributed by atoms with E-state index in [9.17, 15) is 9.59 Å². The molecular weight excluding hydrogens is 258 g/mol. The first-order valence-electron chi connectivity index (χ1n) is 7.56. The number of esters is 1. The fourth-order valence-electron chi connectivity index (χ4n) is 2.71. The van der Waals surface area contributed by atoms with Crippen LogP contribution in [0.2, 0.25) is 0 Å². The van der Waals surface area contributed by atoms with Gasteiger partial charge in [0.1, 0.15) is 6.61 Å². The molecule has 0 aromatic heterocycles. The summed E-state index contributed by atoms with van der Waals surface area (Å²) in [4.78, 5) is 27.0. The van der Waals surface area contributed by atoms with E-state index in [0.29, 0.717) is 32.0 Å². The predicted molar refractivity (Wildman–Crippen MR) is 75.0 cm³/mol. The van der Waals surface area contributed by atoms with Gasteiger partial charge in [0, 0.05) is 25.6 Å². The van der Waals surface area contributed by atoms with Gasteiger partial charge in [-0.25, -0.2) is 0 Å². The number of piperidine rings is 1. The molecule has 2 N–H and O–H groups in total. The fourth-order valence-corrected chi connectivity index (χ4v) is 2.71. The second kappa shape index (κ2) is 7.59. The molecule has 2 aliphatic heterocycles. The summed E-state index contributed by atoms with van der Waals surface area (Å²) < 4.78 is 5.18. The zero-order valence-corrected chi connectivity index (χ0v) is 12.1. The Morgan fingerprint density at radius 2 is 2.00 bits per heavy atom. The van der Waals surface area contributed by atoms with Gasteiger partial charge in [0.05, 0.1) is 13.0 Å². The third-order valence-corrected chi connectivity index (χ3v) is 4.06. The lowest BCUT2D eigenvalue weighted by molar-refractivity contribution is -0.145. The van der Waals surface area contributed by atoms with Gasteiger partial charge in [0.25, 0.3) is 0 Å². The number of ether oxygens (including phenoxy) is 1. The number of carbonyl (C=O) groups excluding carboxylic acids is 2. The van der Waals surface area contributed by atoms with E-state index >= 15 is 0 Å². The van der Waals surface area contributed by atoms with Crippen molar-refractivity contribution in [1.29, 1.82) is 0 Å². The standard InChI is InChI=1S/C14H25N3O3/c15-12-3-7-16(8-4-12)9-5-14(19)20-11-10-17-6-1-2-13(17)18/h12H,1-11,15H2. The number of hydrogen-bond acceptors (Lipinski definition) is 5. The lowest BCUT2D eigenvalue weighted by Gasteiger charge is -2.29. The lowest BCUT2D eigenvalue weighted by Crippen LogP contribution is -2.40. The maximum absolute atomic E-state index is 11.6. The summed E-state index contributed by atoms with van der Waals surface area (Å²) in [5, 5.41) is 0. The van der Waals surface area contributed by atoms with E-state index in [1.165, 1.54) is 0 Å². The van der Waals surface area contributed by atoms with Crippen LogP contribution in [0.5, 0.6) is 0 Å². The highest BCUT2D eigenvalue weighted by molar-refractivity contribution is 5.78. The first-order valence-corrected chi connectivity index (χ1v) is 7.56. The van der Waals surface area contributed by atoms with Gasteiger partial charge in [-0.1, -0.05) is 0 Å². The molecule has 0 aliphatic carbocycles. The SMILES string of the molecule is NC1CCN(CCC(=O)OCCN2CCCC2=O)CC1. The number of rotatable bonds is 6. The lowest BCUT2D eigenvalue weighted by atomic mass is 10.1. The summed E-state index contributed by atoms with van der Waals surface area (Å²) >= 11 is 0. The topological polar surface area (TPSA) is 75.9 Å². The van der Waals surface area contributed by atoms with Crippen LogP contribution in [0.4, 0.5) is 0 Å². The molecule has 0 bridgehead atoms. The first-order chi connectivity index (χ1) is 9.65. The van der Waals surface area contributed by atoms with Gasteiger partial charge in [0.2, 0.25) is 5.91 Å². The predicted octanol–water partition coefficient (Wildman–Crippen LogP) is -0.0348. The van der Waals surface area contributed by atoms with Crippen molar-refractivity contribution in [3.8, 4) is 0 Å². The summed E-state index contributed by atoms with van der Waals surface area (Å²) in [6.45, 7) is 4.32. The molecule has 20 heavy (non-hydrogen) atoms. The van der Waals surface area contributed by atoms with Crippen LogP contribution in [-0.2, 0) is 14.3 Å². The monoisotopic (exact) mass is 283 g/mol. The van der Waals surface area contributed by atoms with Crippen molar-refractivity contribution in [2.24, 2.45) is 5.73 Å². The number of likely N-dealkylation sites (tertiary alicyclic amines) is 2. The largest absolute Gasteiger partial charge is 0.464 e. The molecule has 0 aromatic rings. The number of nitrogens with two attached hydrogens (primary N) is 1. The van der Waals surface area contributed by atoms with Crippen LogP contribution in [0.3, 0.4) is 0 Å². The van der Waals surface area contributed by atoms with E-state index < -0.39 is 0 Å². The number of amides is 1. The molecule has 0 spiro atoms. The Morgan fingerprint density at radius 3 is 2.65 bits per heavy atom. The van der Waals surface area contributed by atoms with Crippen molar-refractivity contribution < 1.29 is 14.3 Å². The minimum atomic E-state index is -0.175. The van der Waals surface area contributed by atoms with Gasteiger partial charge in [0.15, 0.2) is 0 Å². The van der Waals surface area contributed by atoms with Gasteiger partial charge in [-0.15, -0.1) is 0 Å². The molecule has 2 heterocycles. The highest BCUT2D eigenvalue weighted by Gasteiger charge is 2.20. The highest BCUT2D eigenvalue weighted by Crippen LogP contribution is 2.10. The molecule has 6 heteroatoms. The first kappa shape index (κ1) is 15.3. The normalized spacial score (nSPS) is 21.4. The Balaban J connectivity index is 1.53. The highest BCUT2D eigenvalue weighted by atomic mass is 16.5. The minimum Gasteiger partial charge on any atom is -0.464 e. The molecule has 114 valence electrons. The van der Waals surface area contributed by atoms with Crippen LogP contribution >= 0.6 is 0 Å². The number of carbonyl (C=O) groups is 2. The van der Waals surface area contributed by atoms with E-state index in [0.717, 1.165) is 45.4 Å². The molecule has 0 aromatic carbocycles. The van der Waals surface area contributed by atoms with Gasteiger partial charge in [-0.3, -0.25) is 9.59 Å². The van der Waals surface area contributed by atoms with Crippen LogP contribution in [0, 0.1) is 0 Å². The Hall–Kier alpha value is -1.14. The molecular formula is C14H25N3O3. The number of hydrogen-bond donors (Lipinski definition) is 1. The third-order valence-electron chi connectivity index (χ3n) is 4.06. The molecule has 6 nitrogen and oxygen atoms in total. The van der Waals surface area contributed by atoms with Crippen LogP contribution in [0.1, 0.15) is 32.1 Å². The summed E-state index contributed by atoms with van der Waals surface area (Å²) in [5.41, 5.74) is 5.84. The second-order valence-corrected chi connectivity index (χ2v) is 5.63. The average molecular weight is 283 g/mol. The van der Waals surface area contributed by atoms with Crippen molar-refractivity contribution in [3.63, 3.8) is 0 Å². The molecule has 0 radical (unpaired) electrons. The summed E-state index contributed by atoms with van der Waals surface area (Å²) in [6, 6.07) is 0.316. The summed E-state index contributed by atoms with van der Waals surface area (Å²) in [6.07, 6.45) is 3.98. The van der Waals surface area contributed by atoms with Crippen molar-refractivity contribution >= 4 is 11.9 Å². The quantitative estimate of drug-likeness (QED) is 0.693. The van der Waals surface area contributed by atoms with Crippen LogP contribution in [-0.4, -0.2) is 67.0 Å². The van der Waals surface area contributed by atoms with Gasteiger partial charge < -0.3 is 20.3 Å². The van der Waals surface area contributed by atoms with E-state index in [1.807, 2.05) is 0 Å². The zero-order valence-electron chi connectivity index (χ0n) is 12.1. The summed E-state index contributed by atoms with van der Waals surface area (Å²) in [5.74, 6) is -0.00257. The second-order valence-electron chi connectivity index (χ2n) is 5.63. The van der Waals surface area contributed by atoms with Crippen molar-refractivity contribution in [2.75, 3.05) is 39.3 Å². The van der Waals surface area contributed by atoms with E-state index in [1.54, 1.807) is 4.90 Å². The summed E-state index contributed by atoms with van der Waals surface area (Å²) in [7, 11) is 0. The molecule has 2 saturated heterocycles. The Labute approximate surface area is 120 Å². The van der Waals surface area contributed by atoms with Gasteiger partial charge in [-0.2, -0.15) is 0 Å². The van der Waals surface area contributed by atoms with Crippen molar-refractivity contribution in [2.45, 2.75) is 38.1 Å². The number of nitrogens with zero attached hydrogens (tertiary/aromatic N) is 2. The molecule has 2 rings (SSSR count). The molecule has 2 fully saturated rings. The minimum absolute atomic E-state index is 0.172. The van der Waals surface area contributed by atoms with Gasteiger partial charge >= 0.3 is 5.97 Å². The third kappa shape index (κ3) is 4.76. The van der Waals surface area contributed by atoms with Crippen LogP contribution < -0.4 is 5.73 Å². The molecule has 1 amide bonds. The van der Waals surface area contributed by atoms with E-state index in [2.05, 4.69) is 4.90 Å². The molecule has 2 aliphatic rings. The van der Waals surface area contributed by atoms with Crippen molar-refractivity contribution in [1.82, 2.24) is 9.80 Å². The van der Waals surface area contributed by atoms with Crippen LogP contribution in [0.15, 0.2) is 0 Å². The zero-order chi connectivity index (χ0) is 14.4. The van der Waals surface area contributed by atoms with Gasteiger partial charge in [-0.05, 0) is 32.4 Å². The van der Waals surface area contributed by atoms with Crippen molar-refractivity contribution in [3.05, 3.63) is 0 Å². The maximum Gasteiger partial charge on any atom is 0.307 e. The maximum atomic E-state index is 11.6. The Bertz CT molecular complexity index is 341. The fraction of sp³-hybridized carbons (Fsp3) is 0.857. The van der Waals surface area contributed by atoms with E-state index in [-0.39, 0.29) is 11.9 Å². The molecule has 0 unspecified atom stereocenters. The smallest absolute Gasteiger partial charge is 0.307 e. The molecule has 0 atom stereocenters. The van der Waals surface area contributed by atoms with Crippen LogP contribution in [0.25, 0.3) is 0 Å². The Morgan fingerprint density at radius 1 is 1.25 bits per heavy atom. The molecule has 0 saturated carbocycles. The Kier molecular flexibility index (Phi) is 5.79.